The number of benzene rings is 2. The normalized spacial score (nSPS) is 10.9. The van der Waals surface area contributed by atoms with Crippen LogP contribution in [0.1, 0.15) is 28.9 Å². The number of nitrogens with zero attached hydrogens (tertiary/aromatic N) is 3. The van der Waals surface area contributed by atoms with Gasteiger partial charge in [-0.3, -0.25) is 4.79 Å². The first-order chi connectivity index (χ1) is 14.2. The fourth-order valence-corrected chi connectivity index (χ4v) is 3.43. The number of carbonyl (C=O) groups is 1. The zero-order chi connectivity index (χ0) is 20.1. The van der Waals surface area contributed by atoms with Crippen LogP contribution in [0, 0.1) is 6.92 Å². The van der Waals surface area contributed by atoms with Gasteiger partial charge in [-0.1, -0.05) is 54.6 Å². The number of rotatable bonds is 7. The molecule has 2 heterocycles. The molecule has 0 aliphatic heterocycles. The number of fused-ring (bicyclic) bond motifs is 1. The summed E-state index contributed by atoms with van der Waals surface area (Å²) in [6.07, 6.45) is 2.69. The molecule has 0 spiro atoms. The van der Waals surface area contributed by atoms with Gasteiger partial charge in [-0.25, -0.2) is 9.97 Å². The number of carbonyl (C=O) groups excluding carboxylic acids is 1. The maximum absolute atomic E-state index is 13.1. The van der Waals surface area contributed by atoms with E-state index in [1.165, 1.54) is 11.1 Å². The highest BCUT2D eigenvalue weighted by Crippen LogP contribution is 2.16. The Labute approximate surface area is 170 Å². The SMILES string of the molecule is Cc1ccccc1CN(Cc1ccccc1)C(=O)CCc1nc2ncccc2[nH]1. The van der Waals surface area contributed by atoms with Crippen LogP contribution in [0.15, 0.2) is 72.9 Å². The largest absolute Gasteiger partial charge is 0.341 e. The van der Waals surface area contributed by atoms with Crippen LogP contribution in [0.2, 0.25) is 0 Å². The molecule has 1 amide bonds. The van der Waals surface area contributed by atoms with Gasteiger partial charge in [0.2, 0.25) is 5.91 Å². The minimum Gasteiger partial charge on any atom is -0.341 e. The van der Waals surface area contributed by atoms with Crippen molar-refractivity contribution < 1.29 is 4.79 Å². The minimum absolute atomic E-state index is 0.116. The van der Waals surface area contributed by atoms with Crippen molar-refractivity contribution >= 4 is 17.1 Å². The summed E-state index contributed by atoms with van der Waals surface area (Å²) in [6.45, 7) is 3.28. The van der Waals surface area contributed by atoms with E-state index in [2.05, 4.69) is 46.1 Å². The van der Waals surface area contributed by atoms with Crippen LogP contribution in [-0.2, 0) is 24.3 Å². The van der Waals surface area contributed by atoms with Gasteiger partial charge in [-0.2, -0.15) is 0 Å². The molecule has 5 nitrogen and oxygen atoms in total. The molecule has 0 fully saturated rings. The van der Waals surface area contributed by atoms with Gasteiger partial charge in [0.1, 0.15) is 5.82 Å². The quantitative estimate of drug-likeness (QED) is 0.513. The molecular weight excluding hydrogens is 360 g/mol. The van der Waals surface area contributed by atoms with E-state index in [1.54, 1.807) is 6.20 Å². The Morgan fingerprint density at radius 2 is 1.76 bits per heavy atom. The molecule has 4 aromatic rings. The maximum Gasteiger partial charge on any atom is 0.223 e. The first-order valence-corrected chi connectivity index (χ1v) is 9.85. The number of aromatic amines is 1. The van der Waals surface area contributed by atoms with Crippen LogP contribution >= 0.6 is 0 Å². The van der Waals surface area contributed by atoms with Crippen LogP contribution in [0.25, 0.3) is 11.2 Å². The standard InChI is InChI=1S/C24H24N4O/c1-18-8-5-6-11-20(18)17-28(16-19-9-3-2-4-10-19)23(29)14-13-22-26-21-12-7-15-25-24(21)27-22/h2-12,15H,13-14,16-17H2,1H3,(H,25,26,27). The average molecular weight is 384 g/mol. The predicted molar refractivity (Wildman–Crippen MR) is 114 cm³/mol. The Bertz CT molecular complexity index is 1070. The van der Waals surface area contributed by atoms with Gasteiger partial charge < -0.3 is 9.88 Å². The number of aromatic nitrogens is 3. The third kappa shape index (κ3) is 4.69. The van der Waals surface area contributed by atoms with E-state index in [1.807, 2.05) is 47.4 Å². The summed E-state index contributed by atoms with van der Waals surface area (Å²) in [7, 11) is 0. The molecule has 0 unspecified atom stereocenters. The number of imidazole rings is 1. The number of pyridine rings is 1. The van der Waals surface area contributed by atoms with Gasteiger partial charge in [-0.05, 0) is 35.7 Å². The molecule has 5 heteroatoms. The van der Waals surface area contributed by atoms with E-state index in [4.69, 9.17) is 0 Å². The Kier molecular flexibility index (Phi) is 5.66. The molecule has 0 saturated heterocycles. The van der Waals surface area contributed by atoms with Crippen molar-refractivity contribution in [1.82, 2.24) is 19.9 Å². The highest BCUT2D eigenvalue weighted by molar-refractivity contribution is 5.77. The first kappa shape index (κ1) is 18.9. The molecule has 4 rings (SSSR count). The van der Waals surface area contributed by atoms with Gasteiger partial charge in [0, 0.05) is 32.1 Å². The topological polar surface area (TPSA) is 61.9 Å². The fourth-order valence-electron chi connectivity index (χ4n) is 3.43. The molecule has 0 saturated carbocycles. The summed E-state index contributed by atoms with van der Waals surface area (Å²) in [4.78, 5) is 27.0. The second kappa shape index (κ2) is 8.69. The Balaban J connectivity index is 1.49. The zero-order valence-corrected chi connectivity index (χ0v) is 16.5. The van der Waals surface area contributed by atoms with Crippen molar-refractivity contribution in [1.29, 1.82) is 0 Å². The molecular formula is C24H24N4O. The summed E-state index contributed by atoms with van der Waals surface area (Å²) in [5.41, 5.74) is 5.08. The molecule has 2 aromatic heterocycles. The lowest BCUT2D eigenvalue weighted by molar-refractivity contribution is -0.132. The molecule has 0 aliphatic carbocycles. The molecule has 0 bridgehead atoms. The average Bonchev–Trinajstić information content (AvgIpc) is 3.17. The van der Waals surface area contributed by atoms with E-state index in [0.29, 0.717) is 31.6 Å². The molecule has 1 N–H and O–H groups in total. The number of hydrogen-bond acceptors (Lipinski definition) is 3. The third-order valence-electron chi connectivity index (χ3n) is 5.07. The number of hydrogen-bond donors (Lipinski definition) is 1. The summed E-state index contributed by atoms with van der Waals surface area (Å²) >= 11 is 0. The van der Waals surface area contributed by atoms with Gasteiger partial charge in [-0.15, -0.1) is 0 Å². The second-order valence-electron chi connectivity index (χ2n) is 7.22. The van der Waals surface area contributed by atoms with Crippen molar-refractivity contribution in [3.05, 3.63) is 95.4 Å². The van der Waals surface area contributed by atoms with Crippen molar-refractivity contribution in [3.63, 3.8) is 0 Å². The molecule has 0 aliphatic rings. The van der Waals surface area contributed by atoms with E-state index in [9.17, 15) is 4.79 Å². The Hall–Kier alpha value is -3.47. The summed E-state index contributed by atoms with van der Waals surface area (Å²) in [5, 5.41) is 0. The van der Waals surface area contributed by atoms with Crippen LogP contribution in [-0.4, -0.2) is 25.8 Å². The Morgan fingerprint density at radius 1 is 0.966 bits per heavy atom. The van der Waals surface area contributed by atoms with E-state index < -0.39 is 0 Å². The Morgan fingerprint density at radius 3 is 2.55 bits per heavy atom. The monoisotopic (exact) mass is 384 g/mol. The lowest BCUT2D eigenvalue weighted by Crippen LogP contribution is -2.30. The molecule has 0 radical (unpaired) electrons. The predicted octanol–water partition coefficient (Wildman–Crippen LogP) is 4.43. The van der Waals surface area contributed by atoms with Gasteiger partial charge >= 0.3 is 0 Å². The lowest BCUT2D eigenvalue weighted by atomic mass is 10.1. The van der Waals surface area contributed by atoms with Crippen LogP contribution in [0.3, 0.4) is 0 Å². The first-order valence-electron chi connectivity index (χ1n) is 9.85. The molecule has 146 valence electrons. The smallest absolute Gasteiger partial charge is 0.223 e. The number of H-pyrrole nitrogens is 1. The second-order valence-corrected chi connectivity index (χ2v) is 7.22. The zero-order valence-electron chi connectivity index (χ0n) is 16.5. The van der Waals surface area contributed by atoms with E-state index in [0.717, 1.165) is 16.9 Å². The van der Waals surface area contributed by atoms with Gasteiger partial charge in [0.05, 0.1) is 5.52 Å². The number of nitrogens with one attached hydrogen (secondary N) is 1. The summed E-state index contributed by atoms with van der Waals surface area (Å²) in [6, 6.07) is 22.2. The lowest BCUT2D eigenvalue weighted by Gasteiger charge is -2.24. The van der Waals surface area contributed by atoms with E-state index in [-0.39, 0.29) is 5.91 Å². The van der Waals surface area contributed by atoms with Crippen LogP contribution in [0.5, 0.6) is 0 Å². The molecule has 0 atom stereocenters. The number of aryl methyl sites for hydroxylation is 2. The van der Waals surface area contributed by atoms with E-state index >= 15 is 0 Å². The fraction of sp³-hybridized carbons (Fsp3) is 0.208. The van der Waals surface area contributed by atoms with Crippen LogP contribution < -0.4 is 0 Å². The molecule has 2 aromatic carbocycles. The van der Waals surface area contributed by atoms with Crippen molar-refractivity contribution in [2.45, 2.75) is 32.9 Å². The summed E-state index contributed by atoms with van der Waals surface area (Å²) in [5.74, 6) is 0.910. The summed E-state index contributed by atoms with van der Waals surface area (Å²) < 4.78 is 0. The maximum atomic E-state index is 13.1. The van der Waals surface area contributed by atoms with Gasteiger partial charge in [0.15, 0.2) is 5.65 Å². The van der Waals surface area contributed by atoms with Crippen molar-refractivity contribution in [2.24, 2.45) is 0 Å². The minimum atomic E-state index is 0.116. The van der Waals surface area contributed by atoms with Gasteiger partial charge in [0.25, 0.3) is 0 Å². The number of amides is 1. The van der Waals surface area contributed by atoms with Crippen LogP contribution in [0.4, 0.5) is 0 Å². The molecule has 29 heavy (non-hydrogen) atoms. The van der Waals surface area contributed by atoms with Crippen molar-refractivity contribution in [3.8, 4) is 0 Å². The highest BCUT2D eigenvalue weighted by Gasteiger charge is 2.16. The highest BCUT2D eigenvalue weighted by atomic mass is 16.2. The third-order valence-corrected chi connectivity index (χ3v) is 5.07. The van der Waals surface area contributed by atoms with Crippen molar-refractivity contribution in [2.75, 3.05) is 0 Å².